The van der Waals surface area contributed by atoms with Gasteiger partial charge in [-0.3, -0.25) is 20.2 Å². The van der Waals surface area contributed by atoms with Crippen LogP contribution in [0.4, 0.5) is 11.4 Å². The first-order valence-corrected chi connectivity index (χ1v) is 8.51. The number of nitro benzene ring substituents is 1. The van der Waals surface area contributed by atoms with Gasteiger partial charge in [-0.2, -0.15) is 0 Å². The van der Waals surface area contributed by atoms with Crippen molar-refractivity contribution in [1.82, 2.24) is 5.32 Å². The summed E-state index contributed by atoms with van der Waals surface area (Å²) in [5.74, 6) is -0.00949. The summed E-state index contributed by atoms with van der Waals surface area (Å²) in [6.45, 7) is 1.98. The molecule has 0 atom stereocenters. The maximum atomic E-state index is 12.3. The van der Waals surface area contributed by atoms with E-state index in [1.165, 1.54) is 19.2 Å². The van der Waals surface area contributed by atoms with Gasteiger partial charge < -0.3 is 14.8 Å². The van der Waals surface area contributed by atoms with Gasteiger partial charge in [-0.25, -0.2) is 0 Å². The normalized spacial score (nSPS) is 10.0. The summed E-state index contributed by atoms with van der Waals surface area (Å²) < 4.78 is 10.2. The second-order valence-electron chi connectivity index (χ2n) is 5.13. The summed E-state index contributed by atoms with van der Waals surface area (Å²) in [7, 11) is 1.50. The van der Waals surface area contributed by atoms with Crippen molar-refractivity contribution < 1.29 is 19.2 Å². The number of ether oxygens (including phenoxy) is 2. The monoisotopic (exact) mass is 409 g/mol. The van der Waals surface area contributed by atoms with Crippen LogP contribution in [0.25, 0.3) is 0 Å². The number of amides is 1. The molecule has 0 saturated heterocycles. The van der Waals surface area contributed by atoms with E-state index < -0.39 is 10.8 Å². The minimum Gasteiger partial charge on any atom is -0.495 e. The van der Waals surface area contributed by atoms with Crippen LogP contribution in [0.5, 0.6) is 11.5 Å². The minimum absolute atomic E-state index is 0.0118. The largest absolute Gasteiger partial charge is 0.495 e. The Balaban J connectivity index is 2.10. The topological polar surface area (TPSA) is 103 Å². The van der Waals surface area contributed by atoms with Crippen LogP contribution in [0.1, 0.15) is 17.3 Å². The van der Waals surface area contributed by atoms with E-state index in [0.29, 0.717) is 16.5 Å². The van der Waals surface area contributed by atoms with Crippen molar-refractivity contribution in [2.24, 2.45) is 0 Å². The zero-order valence-corrected chi connectivity index (χ0v) is 16.0. The molecule has 0 aliphatic heterocycles. The van der Waals surface area contributed by atoms with E-state index in [9.17, 15) is 14.9 Å². The highest BCUT2D eigenvalue weighted by Gasteiger charge is 2.19. The molecule has 0 fully saturated rings. The molecule has 1 amide bonds. The summed E-state index contributed by atoms with van der Waals surface area (Å²) in [5.41, 5.74) is 0.316. The van der Waals surface area contributed by atoms with Crippen molar-refractivity contribution in [1.29, 1.82) is 0 Å². The van der Waals surface area contributed by atoms with E-state index >= 15 is 0 Å². The molecule has 0 aliphatic rings. The van der Waals surface area contributed by atoms with Gasteiger partial charge in [0.2, 0.25) is 0 Å². The molecule has 0 aromatic heterocycles. The number of nitrogens with zero attached hydrogens (tertiary/aromatic N) is 1. The molecule has 2 N–H and O–H groups in total. The van der Waals surface area contributed by atoms with Crippen LogP contribution in [-0.2, 0) is 0 Å². The molecule has 0 aliphatic carbocycles. The lowest BCUT2D eigenvalue weighted by atomic mass is 10.1. The Bertz CT molecular complexity index is 891. The average Bonchev–Trinajstić information content (AvgIpc) is 2.62. The fourth-order valence-corrected chi connectivity index (χ4v) is 2.63. The van der Waals surface area contributed by atoms with Gasteiger partial charge >= 0.3 is 5.69 Å². The van der Waals surface area contributed by atoms with Gasteiger partial charge in [0, 0.05) is 17.3 Å². The third kappa shape index (κ3) is 5.28. The summed E-state index contributed by atoms with van der Waals surface area (Å²) >= 11 is 11.1. The quantitative estimate of drug-likeness (QED) is 0.425. The molecule has 8 nitrogen and oxygen atoms in total. The second-order valence-corrected chi connectivity index (χ2v) is 5.95. The Morgan fingerprint density at radius 1 is 1.26 bits per heavy atom. The van der Waals surface area contributed by atoms with Crippen molar-refractivity contribution in [3.05, 3.63) is 57.1 Å². The number of hydrogen-bond donors (Lipinski definition) is 2. The first-order valence-electron chi connectivity index (χ1n) is 7.72. The molecule has 0 saturated carbocycles. The standard InChI is InChI=1S/C17H16ClN3O5S/c1-3-26-15-6-4-10(8-13(15)21(23)24)16(22)20-17(27)19-11-5-7-14(25-2)12(18)9-11/h4-9H,3H2,1-2H3,(H2,19,20,22,27). The van der Waals surface area contributed by atoms with Gasteiger partial charge in [-0.1, -0.05) is 11.6 Å². The first-order chi connectivity index (χ1) is 12.8. The first kappa shape index (κ1) is 20.4. The van der Waals surface area contributed by atoms with Crippen molar-refractivity contribution in [2.45, 2.75) is 6.92 Å². The number of nitrogens with one attached hydrogen (secondary N) is 2. The lowest BCUT2D eigenvalue weighted by molar-refractivity contribution is -0.385. The number of methoxy groups -OCH3 is 1. The summed E-state index contributed by atoms with van der Waals surface area (Å²) in [6, 6.07) is 8.82. The Hall–Kier alpha value is -2.91. The summed E-state index contributed by atoms with van der Waals surface area (Å²) in [4.78, 5) is 22.8. The maximum Gasteiger partial charge on any atom is 0.311 e. The molecule has 2 rings (SSSR count). The van der Waals surface area contributed by atoms with Crippen LogP contribution in [0.2, 0.25) is 5.02 Å². The van der Waals surface area contributed by atoms with Gasteiger partial charge in [0.1, 0.15) is 5.75 Å². The van der Waals surface area contributed by atoms with Crippen molar-refractivity contribution in [2.75, 3.05) is 19.0 Å². The highest BCUT2D eigenvalue weighted by molar-refractivity contribution is 7.80. The fourth-order valence-electron chi connectivity index (χ4n) is 2.16. The number of thiocarbonyl (C=S) groups is 1. The average molecular weight is 410 g/mol. The van der Waals surface area contributed by atoms with Gasteiger partial charge in [0.25, 0.3) is 5.91 Å². The zero-order valence-electron chi connectivity index (χ0n) is 14.4. The summed E-state index contributed by atoms with van der Waals surface area (Å²) in [6.07, 6.45) is 0. The molecular formula is C17H16ClN3O5S. The SMILES string of the molecule is CCOc1ccc(C(=O)NC(=S)Nc2ccc(OC)c(Cl)c2)cc1[N+](=O)[O-]. The number of anilines is 1. The Morgan fingerprint density at radius 2 is 1.96 bits per heavy atom. The molecule has 0 bridgehead atoms. The predicted molar refractivity (Wildman–Crippen MR) is 106 cm³/mol. The lowest BCUT2D eigenvalue weighted by Gasteiger charge is -2.11. The van der Waals surface area contributed by atoms with Crippen molar-refractivity contribution in [3.63, 3.8) is 0 Å². The predicted octanol–water partition coefficient (Wildman–Crippen LogP) is 3.78. The number of nitro groups is 1. The molecule has 142 valence electrons. The zero-order chi connectivity index (χ0) is 20.0. The third-order valence-corrected chi connectivity index (χ3v) is 3.85. The molecule has 10 heteroatoms. The van der Waals surface area contributed by atoms with E-state index in [4.69, 9.17) is 33.3 Å². The number of carbonyl (C=O) groups excluding carboxylic acids is 1. The van der Waals surface area contributed by atoms with Gasteiger partial charge in [-0.15, -0.1) is 0 Å². The number of carbonyl (C=O) groups is 1. The molecule has 0 unspecified atom stereocenters. The van der Waals surface area contributed by atoms with Crippen LogP contribution in [0, 0.1) is 10.1 Å². The van der Waals surface area contributed by atoms with Crippen molar-refractivity contribution in [3.8, 4) is 11.5 Å². The van der Waals surface area contributed by atoms with E-state index in [0.717, 1.165) is 6.07 Å². The van der Waals surface area contributed by atoms with Crippen LogP contribution >= 0.6 is 23.8 Å². The minimum atomic E-state index is -0.613. The number of benzene rings is 2. The van der Waals surface area contributed by atoms with Crippen LogP contribution in [-0.4, -0.2) is 29.7 Å². The maximum absolute atomic E-state index is 12.3. The number of rotatable bonds is 6. The summed E-state index contributed by atoms with van der Waals surface area (Å²) in [5, 5.41) is 16.8. The number of halogens is 1. The molecule has 0 radical (unpaired) electrons. The Kier molecular flexibility index (Phi) is 6.91. The highest BCUT2D eigenvalue weighted by Crippen LogP contribution is 2.28. The molecule has 2 aromatic carbocycles. The van der Waals surface area contributed by atoms with Crippen LogP contribution in [0.15, 0.2) is 36.4 Å². The Labute approximate surface area is 165 Å². The molecule has 0 heterocycles. The van der Waals surface area contributed by atoms with Gasteiger partial charge in [-0.05, 0) is 49.5 Å². The van der Waals surface area contributed by atoms with E-state index in [1.807, 2.05) is 0 Å². The smallest absolute Gasteiger partial charge is 0.311 e. The van der Waals surface area contributed by atoms with E-state index in [-0.39, 0.29) is 28.7 Å². The van der Waals surface area contributed by atoms with E-state index in [2.05, 4.69) is 10.6 Å². The molecule has 2 aromatic rings. The number of hydrogen-bond acceptors (Lipinski definition) is 6. The Morgan fingerprint density at radius 3 is 2.56 bits per heavy atom. The van der Waals surface area contributed by atoms with Gasteiger partial charge in [0.05, 0.1) is 23.7 Å². The molecule has 0 spiro atoms. The fraction of sp³-hybridized carbons (Fsp3) is 0.176. The van der Waals surface area contributed by atoms with Crippen LogP contribution < -0.4 is 20.1 Å². The molecular weight excluding hydrogens is 394 g/mol. The third-order valence-electron chi connectivity index (χ3n) is 3.35. The van der Waals surface area contributed by atoms with Crippen LogP contribution in [0.3, 0.4) is 0 Å². The lowest BCUT2D eigenvalue weighted by Crippen LogP contribution is -2.34. The van der Waals surface area contributed by atoms with E-state index in [1.54, 1.807) is 25.1 Å². The van der Waals surface area contributed by atoms with Gasteiger partial charge in [0.15, 0.2) is 10.9 Å². The van der Waals surface area contributed by atoms with Crippen molar-refractivity contribution >= 4 is 46.2 Å². The molecule has 27 heavy (non-hydrogen) atoms. The second kappa shape index (κ2) is 9.15. The highest BCUT2D eigenvalue weighted by atomic mass is 35.5.